The van der Waals surface area contributed by atoms with E-state index in [0.717, 1.165) is 0 Å². The fourth-order valence-corrected chi connectivity index (χ4v) is 1.25. The first-order valence-corrected chi connectivity index (χ1v) is 5.71. The van der Waals surface area contributed by atoms with Gasteiger partial charge in [-0.25, -0.2) is 0 Å². The summed E-state index contributed by atoms with van der Waals surface area (Å²) >= 11 is 5.72. The van der Waals surface area contributed by atoms with Crippen LogP contribution in [0.3, 0.4) is 0 Å². The molecule has 1 aromatic carbocycles. The number of methoxy groups -OCH3 is 1. The first-order valence-electron chi connectivity index (χ1n) is 5.33. The highest BCUT2D eigenvalue weighted by Gasteiger charge is 2.05. The van der Waals surface area contributed by atoms with Gasteiger partial charge in [0.25, 0.3) is 0 Å². The first kappa shape index (κ1) is 14.3. The monoisotopic (exact) mass is 271 g/mol. The van der Waals surface area contributed by atoms with Gasteiger partial charge in [0.1, 0.15) is 12.3 Å². The summed E-state index contributed by atoms with van der Waals surface area (Å²) in [6, 6.07) is 6.84. The molecule has 1 amide bonds. The van der Waals surface area contributed by atoms with E-state index in [9.17, 15) is 9.59 Å². The van der Waals surface area contributed by atoms with Crippen molar-refractivity contribution in [2.75, 3.05) is 20.3 Å². The van der Waals surface area contributed by atoms with Gasteiger partial charge in [0.2, 0.25) is 5.91 Å². The Hall–Kier alpha value is -1.75. The molecule has 0 bridgehead atoms. The van der Waals surface area contributed by atoms with E-state index in [1.165, 1.54) is 7.11 Å². The molecule has 98 valence electrons. The van der Waals surface area contributed by atoms with E-state index >= 15 is 0 Å². The van der Waals surface area contributed by atoms with Crippen LogP contribution in [0.15, 0.2) is 24.3 Å². The molecule has 0 radical (unpaired) electrons. The third-order valence-electron chi connectivity index (χ3n) is 2.07. The van der Waals surface area contributed by atoms with Gasteiger partial charge >= 0.3 is 5.97 Å². The molecule has 6 heteroatoms. The zero-order valence-corrected chi connectivity index (χ0v) is 10.7. The molecule has 1 aromatic rings. The third kappa shape index (κ3) is 5.54. The molecule has 0 aliphatic rings. The van der Waals surface area contributed by atoms with Crippen molar-refractivity contribution in [1.29, 1.82) is 0 Å². The van der Waals surface area contributed by atoms with Crippen molar-refractivity contribution in [3.63, 3.8) is 0 Å². The van der Waals surface area contributed by atoms with Crippen molar-refractivity contribution in [1.82, 2.24) is 5.32 Å². The number of esters is 1. The molecule has 0 fully saturated rings. The highest BCUT2D eigenvalue weighted by molar-refractivity contribution is 6.30. The Kier molecular flexibility index (Phi) is 6.00. The Morgan fingerprint density at radius 2 is 1.94 bits per heavy atom. The first-order chi connectivity index (χ1) is 8.61. The smallest absolute Gasteiger partial charge is 0.325 e. The number of rotatable bonds is 6. The molecule has 0 atom stereocenters. The Morgan fingerprint density at radius 3 is 2.56 bits per heavy atom. The third-order valence-corrected chi connectivity index (χ3v) is 2.32. The number of hydrogen-bond acceptors (Lipinski definition) is 4. The van der Waals surface area contributed by atoms with Crippen LogP contribution in [0.2, 0.25) is 5.02 Å². The largest absolute Gasteiger partial charge is 0.493 e. The van der Waals surface area contributed by atoms with Crippen LogP contribution in [0.25, 0.3) is 0 Å². The number of benzene rings is 1. The normalized spacial score (nSPS) is 9.67. The number of carbonyl (C=O) groups excluding carboxylic acids is 2. The zero-order valence-electron chi connectivity index (χ0n) is 9.94. The maximum atomic E-state index is 11.3. The van der Waals surface area contributed by atoms with Crippen LogP contribution in [0, 0.1) is 0 Å². The van der Waals surface area contributed by atoms with Crippen molar-refractivity contribution < 1.29 is 19.1 Å². The van der Waals surface area contributed by atoms with Gasteiger partial charge in [-0.1, -0.05) is 11.6 Å². The average Bonchev–Trinajstić information content (AvgIpc) is 2.38. The van der Waals surface area contributed by atoms with Crippen molar-refractivity contribution in [3.05, 3.63) is 29.3 Å². The molecular formula is C12H14ClNO4. The lowest BCUT2D eigenvalue weighted by molar-refractivity contribution is -0.141. The molecule has 5 nitrogen and oxygen atoms in total. The molecule has 0 aromatic heterocycles. The molecule has 1 rings (SSSR count). The molecule has 0 saturated heterocycles. The molecule has 0 heterocycles. The van der Waals surface area contributed by atoms with E-state index in [2.05, 4.69) is 10.1 Å². The quantitative estimate of drug-likeness (QED) is 0.795. The van der Waals surface area contributed by atoms with Gasteiger partial charge in [-0.15, -0.1) is 0 Å². The SMILES string of the molecule is COC(=O)CNC(=O)CCOc1ccc(Cl)cc1. The Labute approximate surface area is 110 Å². The van der Waals surface area contributed by atoms with Crippen LogP contribution in [0.5, 0.6) is 5.75 Å². The lowest BCUT2D eigenvalue weighted by Gasteiger charge is -2.06. The highest BCUT2D eigenvalue weighted by atomic mass is 35.5. The van der Waals surface area contributed by atoms with Gasteiger partial charge in [-0.3, -0.25) is 9.59 Å². The highest BCUT2D eigenvalue weighted by Crippen LogP contribution is 2.15. The number of carbonyl (C=O) groups is 2. The van der Waals surface area contributed by atoms with Crippen molar-refractivity contribution >= 4 is 23.5 Å². The lowest BCUT2D eigenvalue weighted by Crippen LogP contribution is -2.30. The van der Waals surface area contributed by atoms with E-state index in [0.29, 0.717) is 10.8 Å². The second-order valence-corrected chi connectivity index (χ2v) is 3.84. The second kappa shape index (κ2) is 7.55. The van der Waals surface area contributed by atoms with Gasteiger partial charge in [-0.05, 0) is 24.3 Å². The summed E-state index contributed by atoms with van der Waals surface area (Å²) in [6.07, 6.45) is 0.166. The summed E-state index contributed by atoms with van der Waals surface area (Å²) < 4.78 is 9.72. The number of hydrogen-bond donors (Lipinski definition) is 1. The molecule has 1 N–H and O–H groups in total. The van der Waals surface area contributed by atoms with Crippen molar-refractivity contribution in [2.45, 2.75) is 6.42 Å². The maximum absolute atomic E-state index is 11.3. The molecular weight excluding hydrogens is 258 g/mol. The van der Waals surface area contributed by atoms with Crippen molar-refractivity contribution in [2.24, 2.45) is 0 Å². The molecule has 0 aliphatic heterocycles. The Morgan fingerprint density at radius 1 is 1.28 bits per heavy atom. The van der Waals surface area contributed by atoms with Gasteiger partial charge in [0.15, 0.2) is 0 Å². The van der Waals surface area contributed by atoms with Gasteiger partial charge in [0, 0.05) is 5.02 Å². The van der Waals surface area contributed by atoms with Crippen LogP contribution in [0.1, 0.15) is 6.42 Å². The van der Waals surface area contributed by atoms with Crippen LogP contribution >= 0.6 is 11.6 Å². The van der Waals surface area contributed by atoms with E-state index in [1.54, 1.807) is 24.3 Å². The predicted octanol–water partition coefficient (Wildman–Crippen LogP) is 1.40. The summed E-state index contributed by atoms with van der Waals surface area (Å²) in [5.41, 5.74) is 0. The molecule has 0 aliphatic carbocycles. The van der Waals surface area contributed by atoms with E-state index in [1.807, 2.05) is 0 Å². The number of nitrogens with one attached hydrogen (secondary N) is 1. The average molecular weight is 272 g/mol. The summed E-state index contributed by atoms with van der Waals surface area (Å²) in [5, 5.41) is 3.04. The number of amides is 1. The van der Waals surface area contributed by atoms with Crippen LogP contribution in [-0.2, 0) is 14.3 Å². The van der Waals surface area contributed by atoms with Crippen LogP contribution < -0.4 is 10.1 Å². The fraction of sp³-hybridized carbons (Fsp3) is 0.333. The minimum Gasteiger partial charge on any atom is -0.493 e. The molecule has 0 saturated carbocycles. The van der Waals surface area contributed by atoms with Gasteiger partial charge in [0.05, 0.1) is 20.1 Å². The van der Waals surface area contributed by atoms with E-state index in [4.69, 9.17) is 16.3 Å². The van der Waals surface area contributed by atoms with Crippen LogP contribution in [-0.4, -0.2) is 32.1 Å². The second-order valence-electron chi connectivity index (χ2n) is 3.41. The van der Waals surface area contributed by atoms with Gasteiger partial charge < -0.3 is 14.8 Å². The Bertz CT molecular complexity index is 405. The minimum atomic E-state index is -0.484. The number of ether oxygens (including phenoxy) is 2. The molecule has 0 spiro atoms. The molecule has 0 unspecified atom stereocenters. The summed E-state index contributed by atoms with van der Waals surface area (Å²) in [5.74, 6) is -0.114. The minimum absolute atomic E-state index is 0.129. The molecule has 18 heavy (non-hydrogen) atoms. The summed E-state index contributed by atoms with van der Waals surface area (Å²) in [6.45, 7) is 0.102. The van der Waals surface area contributed by atoms with E-state index < -0.39 is 5.97 Å². The summed E-state index contributed by atoms with van der Waals surface area (Å²) in [7, 11) is 1.26. The standard InChI is InChI=1S/C12H14ClNO4/c1-17-12(16)8-14-11(15)6-7-18-10-4-2-9(13)3-5-10/h2-5H,6-8H2,1H3,(H,14,15). The fourth-order valence-electron chi connectivity index (χ4n) is 1.12. The van der Waals surface area contributed by atoms with E-state index in [-0.39, 0.29) is 25.5 Å². The lowest BCUT2D eigenvalue weighted by atomic mass is 10.3. The number of halogens is 1. The topological polar surface area (TPSA) is 64.6 Å². The van der Waals surface area contributed by atoms with Crippen LogP contribution in [0.4, 0.5) is 0 Å². The van der Waals surface area contributed by atoms with Gasteiger partial charge in [-0.2, -0.15) is 0 Å². The summed E-state index contributed by atoms with van der Waals surface area (Å²) in [4.78, 5) is 22.1. The maximum Gasteiger partial charge on any atom is 0.325 e. The Balaban J connectivity index is 2.19. The zero-order chi connectivity index (χ0) is 13.4. The van der Waals surface area contributed by atoms with Crippen molar-refractivity contribution in [3.8, 4) is 5.75 Å². The predicted molar refractivity (Wildman–Crippen MR) is 66.6 cm³/mol.